The van der Waals surface area contributed by atoms with Gasteiger partial charge in [-0.3, -0.25) is 0 Å². The van der Waals surface area contributed by atoms with Gasteiger partial charge in [0.05, 0.1) is 0 Å². The SMILES string of the molecule is CNCCC(C)(C)c1nc(COc2ccc(Cl)cc2)no1. The average molecular weight is 310 g/mol. The zero-order valence-corrected chi connectivity index (χ0v) is 13.3. The summed E-state index contributed by atoms with van der Waals surface area (Å²) in [6.45, 7) is 5.34. The van der Waals surface area contributed by atoms with Crippen LogP contribution in [0.4, 0.5) is 0 Å². The van der Waals surface area contributed by atoms with E-state index in [1.165, 1.54) is 0 Å². The van der Waals surface area contributed by atoms with Gasteiger partial charge in [0.25, 0.3) is 0 Å². The molecule has 0 aliphatic rings. The molecule has 0 atom stereocenters. The van der Waals surface area contributed by atoms with E-state index in [0.29, 0.717) is 16.7 Å². The van der Waals surface area contributed by atoms with E-state index in [1.54, 1.807) is 24.3 Å². The third-order valence-electron chi connectivity index (χ3n) is 3.23. The summed E-state index contributed by atoms with van der Waals surface area (Å²) in [4.78, 5) is 4.41. The Morgan fingerprint density at radius 2 is 2.00 bits per heavy atom. The Labute approximate surface area is 129 Å². The van der Waals surface area contributed by atoms with E-state index in [0.717, 1.165) is 18.7 Å². The third-order valence-corrected chi connectivity index (χ3v) is 3.48. The van der Waals surface area contributed by atoms with Gasteiger partial charge in [-0.15, -0.1) is 0 Å². The molecule has 6 heteroatoms. The van der Waals surface area contributed by atoms with Gasteiger partial charge in [-0.1, -0.05) is 30.6 Å². The maximum absolute atomic E-state index is 5.82. The molecule has 0 spiro atoms. The molecule has 0 radical (unpaired) electrons. The van der Waals surface area contributed by atoms with Crippen molar-refractivity contribution in [1.29, 1.82) is 0 Å². The number of hydrogen-bond acceptors (Lipinski definition) is 5. The number of hydrogen-bond donors (Lipinski definition) is 1. The van der Waals surface area contributed by atoms with Gasteiger partial charge in [-0.2, -0.15) is 4.98 Å². The topological polar surface area (TPSA) is 60.2 Å². The molecule has 0 saturated heterocycles. The standard InChI is InChI=1S/C15H20ClN3O2/c1-15(2,8-9-17-3)14-18-13(19-21-14)10-20-12-6-4-11(16)5-7-12/h4-7,17H,8-10H2,1-3H3. The maximum atomic E-state index is 5.82. The van der Waals surface area contributed by atoms with Crippen molar-refractivity contribution in [2.45, 2.75) is 32.3 Å². The normalized spacial score (nSPS) is 11.6. The summed E-state index contributed by atoms with van der Waals surface area (Å²) in [5.41, 5.74) is -0.158. The first-order chi connectivity index (χ1) is 10.0. The molecule has 1 N–H and O–H groups in total. The zero-order chi connectivity index (χ0) is 15.3. The Balaban J connectivity index is 1.95. The Kier molecular flexibility index (Phi) is 5.20. The number of aromatic nitrogens is 2. The second-order valence-electron chi connectivity index (χ2n) is 5.50. The second-order valence-corrected chi connectivity index (χ2v) is 5.93. The molecule has 0 aliphatic heterocycles. The summed E-state index contributed by atoms with van der Waals surface area (Å²) in [5, 5.41) is 7.77. The van der Waals surface area contributed by atoms with E-state index in [9.17, 15) is 0 Å². The van der Waals surface area contributed by atoms with Gasteiger partial charge in [0.2, 0.25) is 11.7 Å². The molecule has 2 rings (SSSR count). The van der Waals surface area contributed by atoms with Crippen LogP contribution in [0.1, 0.15) is 32.0 Å². The minimum atomic E-state index is -0.158. The van der Waals surface area contributed by atoms with Crippen molar-refractivity contribution in [1.82, 2.24) is 15.5 Å². The minimum Gasteiger partial charge on any atom is -0.485 e. The van der Waals surface area contributed by atoms with Gasteiger partial charge >= 0.3 is 0 Å². The minimum absolute atomic E-state index is 0.158. The van der Waals surface area contributed by atoms with Gasteiger partial charge in [0.15, 0.2) is 6.61 Å². The van der Waals surface area contributed by atoms with Gasteiger partial charge in [-0.25, -0.2) is 0 Å². The number of benzene rings is 1. The van der Waals surface area contributed by atoms with Crippen molar-refractivity contribution in [2.75, 3.05) is 13.6 Å². The number of nitrogens with zero attached hydrogens (tertiary/aromatic N) is 2. The fourth-order valence-electron chi connectivity index (χ4n) is 1.81. The first kappa shape index (κ1) is 15.8. The summed E-state index contributed by atoms with van der Waals surface area (Å²) < 4.78 is 10.9. The summed E-state index contributed by atoms with van der Waals surface area (Å²) in [6, 6.07) is 7.17. The van der Waals surface area contributed by atoms with Crippen LogP contribution in [0, 0.1) is 0 Å². The molecule has 1 heterocycles. The average Bonchev–Trinajstić information content (AvgIpc) is 2.94. The van der Waals surface area contributed by atoms with E-state index in [2.05, 4.69) is 29.3 Å². The zero-order valence-electron chi connectivity index (χ0n) is 12.5. The largest absolute Gasteiger partial charge is 0.485 e. The lowest BCUT2D eigenvalue weighted by atomic mass is 9.89. The van der Waals surface area contributed by atoms with Crippen LogP contribution in [-0.2, 0) is 12.0 Å². The number of rotatable bonds is 7. The monoisotopic (exact) mass is 309 g/mol. The summed E-state index contributed by atoms with van der Waals surface area (Å²) in [7, 11) is 1.93. The Hall–Kier alpha value is -1.59. The van der Waals surface area contributed by atoms with Crippen molar-refractivity contribution in [3.63, 3.8) is 0 Å². The van der Waals surface area contributed by atoms with Gasteiger partial charge < -0.3 is 14.6 Å². The predicted molar refractivity (Wildman–Crippen MR) is 81.7 cm³/mol. The first-order valence-corrected chi connectivity index (χ1v) is 7.25. The Morgan fingerprint density at radius 1 is 1.29 bits per heavy atom. The molecular weight excluding hydrogens is 290 g/mol. The predicted octanol–water partition coefficient (Wildman–Crippen LogP) is 3.19. The fourth-order valence-corrected chi connectivity index (χ4v) is 1.94. The summed E-state index contributed by atoms with van der Waals surface area (Å²) >= 11 is 5.82. The Morgan fingerprint density at radius 3 is 2.67 bits per heavy atom. The van der Waals surface area contributed by atoms with Crippen molar-refractivity contribution < 1.29 is 9.26 Å². The molecule has 0 bridgehead atoms. The van der Waals surface area contributed by atoms with Gasteiger partial charge in [0, 0.05) is 10.4 Å². The molecule has 5 nitrogen and oxygen atoms in total. The molecule has 21 heavy (non-hydrogen) atoms. The van der Waals surface area contributed by atoms with E-state index in [1.807, 2.05) is 7.05 Å². The summed E-state index contributed by atoms with van der Waals surface area (Å²) in [5.74, 6) is 1.89. The van der Waals surface area contributed by atoms with Crippen LogP contribution in [0.2, 0.25) is 5.02 Å². The highest BCUT2D eigenvalue weighted by atomic mass is 35.5. The van der Waals surface area contributed by atoms with Crippen LogP contribution >= 0.6 is 11.6 Å². The molecule has 114 valence electrons. The highest BCUT2D eigenvalue weighted by Gasteiger charge is 2.27. The molecule has 0 amide bonds. The van der Waals surface area contributed by atoms with Crippen LogP contribution in [-0.4, -0.2) is 23.7 Å². The van der Waals surface area contributed by atoms with E-state index in [4.69, 9.17) is 20.9 Å². The second kappa shape index (κ2) is 6.91. The molecule has 0 unspecified atom stereocenters. The van der Waals surface area contributed by atoms with E-state index < -0.39 is 0 Å². The molecule has 1 aromatic heterocycles. The lowest BCUT2D eigenvalue weighted by Crippen LogP contribution is -2.24. The third kappa shape index (κ3) is 4.44. The van der Waals surface area contributed by atoms with E-state index >= 15 is 0 Å². The number of nitrogens with one attached hydrogen (secondary N) is 1. The maximum Gasteiger partial charge on any atom is 0.232 e. The molecule has 0 fully saturated rings. The van der Waals surface area contributed by atoms with Crippen LogP contribution in [0.5, 0.6) is 5.75 Å². The van der Waals surface area contributed by atoms with E-state index in [-0.39, 0.29) is 12.0 Å². The smallest absolute Gasteiger partial charge is 0.232 e. The molecule has 1 aromatic carbocycles. The Bertz CT molecular complexity index is 567. The highest BCUT2D eigenvalue weighted by molar-refractivity contribution is 6.30. The quantitative estimate of drug-likeness (QED) is 0.851. The molecule has 0 aliphatic carbocycles. The van der Waals surface area contributed by atoms with Crippen LogP contribution in [0.3, 0.4) is 0 Å². The van der Waals surface area contributed by atoms with Crippen molar-refractivity contribution in [3.05, 3.63) is 41.0 Å². The van der Waals surface area contributed by atoms with Crippen molar-refractivity contribution in [3.8, 4) is 5.75 Å². The summed E-state index contributed by atoms with van der Waals surface area (Å²) in [6.07, 6.45) is 0.920. The highest BCUT2D eigenvalue weighted by Crippen LogP contribution is 2.25. The van der Waals surface area contributed by atoms with Gasteiger partial charge in [0.1, 0.15) is 5.75 Å². The lowest BCUT2D eigenvalue weighted by Gasteiger charge is -2.18. The van der Waals surface area contributed by atoms with Crippen molar-refractivity contribution >= 4 is 11.6 Å². The number of ether oxygens (including phenoxy) is 1. The van der Waals surface area contributed by atoms with Crippen LogP contribution < -0.4 is 10.1 Å². The molecule has 2 aromatic rings. The van der Waals surface area contributed by atoms with Crippen LogP contribution in [0.25, 0.3) is 0 Å². The number of halogens is 1. The first-order valence-electron chi connectivity index (χ1n) is 6.87. The molecular formula is C15H20ClN3O2. The fraction of sp³-hybridized carbons (Fsp3) is 0.467. The van der Waals surface area contributed by atoms with Gasteiger partial charge in [-0.05, 0) is 44.3 Å². The molecule has 0 saturated carbocycles. The van der Waals surface area contributed by atoms with Crippen LogP contribution in [0.15, 0.2) is 28.8 Å². The lowest BCUT2D eigenvalue weighted by molar-refractivity contribution is 0.274. The van der Waals surface area contributed by atoms with Crippen molar-refractivity contribution in [2.24, 2.45) is 0 Å².